The highest BCUT2D eigenvalue weighted by Gasteiger charge is 2.44. The third kappa shape index (κ3) is 20.3. The van der Waals surface area contributed by atoms with Crippen LogP contribution < -0.4 is 45.0 Å². The van der Waals surface area contributed by atoms with Crippen molar-refractivity contribution in [2.24, 2.45) is 0 Å². The lowest BCUT2D eigenvalue weighted by Crippen LogP contribution is -2.34. The van der Waals surface area contributed by atoms with Gasteiger partial charge in [0.25, 0.3) is 0 Å². The summed E-state index contributed by atoms with van der Waals surface area (Å²) < 4.78 is 30.6. The molecule has 24 heteroatoms. The van der Waals surface area contributed by atoms with E-state index in [4.69, 9.17) is 77.5 Å². The Kier molecular flexibility index (Phi) is 28.2. The van der Waals surface area contributed by atoms with E-state index in [9.17, 15) is 24.3 Å². The van der Waals surface area contributed by atoms with Crippen LogP contribution in [0.3, 0.4) is 0 Å². The van der Waals surface area contributed by atoms with Crippen molar-refractivity contribution in [3.8, 4) is 79.3 Å². The number of aromatic hydroxyl groups is 1. The molecular formula is C103H124N6O10S8. The fraction of sp³-hybridized carbons (Fsp3) is 0.476. The van der Waals surface area contributed by atoms with Crippen LogP contribution in [0.25, 0.3) is 44.6 Å². The van der Waals surface area contributed by atoms with Crippen molar-refractivity contribution in [2.45, 2.75) is 280 Å². The van der Waals surface area contributed by atoms with Gasteiger partial charge >= 0.3 is 0 Å². The number of carbonyl (C=O) groups is 4. The fourth-order valence-corrected chi connectivity index (χ4v) is 24.5. The number of aryl methyl sites for hydroxylation is 4. The van der Waals surface area contributed by atoms with Crippen LogP contribution in [0.15, 0.2) is 97.2 Å². The van der Waals surface area contributed by atoms with Crippen LogP contribution in [0.2, 0.25) is 0 Å². The maximum atomic E-state index is 12.3. The largest absolute Gasteiger partial charge is 0.508 e. The van der Waals surface area contributed by atoms with Gasteiger partial charge in [0.1, 0.15) is 51.7 Å². The third-order valence-corrected chi connectivity index (χ3v) is 33.3. The molecule has 4 unspecified atom stereocenters. The van der Waals surface area contributed by atoms with Gasteiger partial charge in [-0.25, -0.2) is 9.97 Å². The average Bonchev–Trinajstić information content (AvgIpc) is 1.41. The van der Waals surface area contributed by atoms with E-state index in [-0.39, 0.29) is 93.7 Å². The first kappa shape index (κ1) is 96.6. The molecule has 0 spiro atoms. The van der Waals surface area contributed by atoms with Gasteiger partial charge in [0.15, 0.2) is 0 Å². The van der Waals surface area contributed by atoms with E-state index in [1.807, 2.05) is 24.3 Å². The number of benzene rings is 6. The second-order valence-corrected chi connectivity index (χ2v) is 48.1. The van der Waals surface area contributed by atoms with Crippen LogP contribution in [0.1, 0.15) is 251 Å². The third-order valence-electron chi connectivity index (χ3n) is 27.9. The minimum Gasteiger partial charge on any atom is -0.508 e. The van der Waals surface area contributed by atoms with Gasteiger partial charge in [-0.15, -0.1) is 0 Å². The highest BCUT2D eigenvalue weighted by molar-refractivity contribution is 8.25. The van der Waals surface area contributed by atoms with Gasteiger partial charge in [-0.3, -0.25) is 19.2 Å². The Morgan fingerprint density at radius 3 is 1.00 bits per heavy atom. The number of aromatic nitrogens is 2. The lowest BCUT2D eigenvalue weighted by Gasteiger charge is -2.42. The maximum absolute atomic E-state index is 12.3. The van der Waals surface area contributed by atoms with E-state index >= 15 is 0 Å². The average molecular weight is 1860 g/mol. The van der Waals surface area contributed by atoms with Gasteiger partial charge in [0, 0.05) is 52.7 Å². The highest BCUT2D eigenvalue weighted by atomic mass is 32.2. The predicted molar refractivity (Wildman–Crippen MR) is 541 cm³/mol. The molecule has 5 N–H and O–H groups in total. The second-order valence-electron chi connectivity index (χ2n) is 40.6. The number of nitrogens with zero attached hydrogens (tertiary/aromatic N) is 2. The van der Waals surface area contributed by atoms with Gasteiger partial charge in [0.05, 0.1) is 56.5 Å². The van der Waals surface area contributed by atoms with E-state index in [2.05, 4.69) is 225 Å². The Bertz CT molecular complexity index is 5630. The summed E-state index contributed by atoms with van der Waals surface area (Å²) in [5.74, 6) is 3.39. The molecule has 16 nitrogen and oxygen atoms in total. The number of nitrogens with one attached hydrogen (secondary N) is 4. The van der Waals surface area contributed by atoms with Crippen molar-refractivity contribution in [1.82, 2.24) is 31.2 Å². The molecular weight excluding hydrogens is 1740 g/mol. The number of phenolic OH excluding ortho intramolecular Hbond substituents is 1. The van der Waals surface area contributed by atoms with Gasteiger partial charge < -0.3 is 50.1 Å². The fourth-order valence-electron chi connectivity index (χ4n) is 19.3. The summed E-state index contributed by atoms with van der Waals surface area (Å²) in [5.41, 5.74) is 29.1. The molecule has 4 atom stereocenters. The van der Waals surface area contributed by atoms with E-state index < -0.39 is 0 Å². The van der Waals surface area contributed by atoms with Crippen molar-refractivity contribution in [3.05, 3.63) is 186 Å². The predicted octanol–water partition coefficient (Wildman–Crippen LogP) is 22.8. The molecule has 8 aliphatic rings. The molecule has 6 heterocycles. The Morgan fingerprint density at radius 2 is 0.654 bits per heavy atom. The van der Waals surface area contributed by atoms with Crippen LogP contribution in [0, 0.1) is 27.7 Å². The number of thiocarbonyl (C=S) groups is 4. The van der Waals surface area contributed by atoms with Crippen molar-refractivity contribution < 1.29 is 48.0 Å². The zero-order chi connectivity index (χ0) is 92.7. The summed E-state index contributed by atoms with van der Waals surface area (Å²) in [6, 6.07) is 32.5. The molecule has 127 heavy (non-hydrogen) atoms. The number of methoxy groups -OCH3 is 5. The topological polar surface area (TPSA) is 209 Å². The molecule has 4 saturated heterocycles. The summed E-state index contributed by atoms with van der Waals surface area (Å²) in [7, 11) is 8.30. The molecule has 0 radical (unpaired) electrons. The van der Waals surface area contributed by atoms with E-state index in [1.54, 1.807) is 47.8 Å². The molecule has 674 valence electrons. The van der Waals surface area contributed by atoms with Crippen LogP contribution in [0.4, 0.5) is 0 Å². The molecule has 4 amide bonds. The van der Waals surface area contributed by atoms with Crippen LogP contribution in [-0.2, 0) is 88.2 Å². The number of carbonyl (C=O) groups excluding carboxylic acids is 4. The Morgan fingerprint density at radius 1 is 0.346 bits per heavy atom. The van der Waals surface area contributed by atoms with E-state index in [1.165, 1.54) is 151 Å². The molecule has 8 aromatic rings. The molecule has 4 aliphatic heterocycles. The summed E-state index contributed by atoms with van der Waals surface area (Å²) in [6.07, 6.45) is 13.2. The molecule has 6 aromatic carbocycles. The van der Waals surface area contributed by atoms with Gasteiger partial charge in [-0.05, 0) is 296 Å². The van der Waals surface area contributed by atoms with Crippen LogP contribution in [0.5, 0.6) is 34.6 Å². The Balaban J connectivity index is 0.000000145. The lowest BCUT2D eigenvalue weighted by molar-refractivity contribution is -0.119. The first-order valence-electron chi connectivity index (χ1n) is 43.8. The highest BCUT2D eigenvalue weighted by Crippen LogP contribution is 2.55. The number of amides is 4. The summed E-state index contributed by atoms with van der Waals surface area (Å²) in [4.78, 5) is 58.4. The van der Waals surface area contributed by atoms with Crippen LogP contribution in [-0.4, -0.2) is 113 Å². The van der Waals surface area contributed by atoms with Gasteiger partial charge in [-0.2, -0.15) is 0 Å². The summed E-state index contributed by atoms with van der Waals surface area (Å²) >= 11 is 26.1. The molecule has 2 aromatic heterocycles. The number of ether oxygens (including phenoxy) is 5. The standard InChI is InChI=1S/C27H33NO3S2.C26H31NO3S2.2C25H30N2O2S2/c1-15-10-19-20(27(4,5)9-8-26(19,2)3)13-17(15)18-11-16(21(30-6)14-22(18)31-7)12-23-24(29)28-25(32)33-23;1-14-9-18-19(26(4,5)8-7-25(18,2)3)12-16(14)17-10-15(20(28)13-21(17)30-6)11-22-23(29)27-24(31)32-22;1-14-9-18-19(25(4,5)8-7-24(18,2)3)12-16(14)17-10-15(13-26-22(17)29-6)11-20-21(28)27-23(30)31-20;1-14-11-17-18(25(4,5)10-9-24(17,2)3)13-16(14)21-19(29-6)8-7-15(26-21)12-20-22(28)27-23(30)31-20/h10-11,13-14,23H,8-9,12H2,1-7H3,(H,28,29,32);9-10,12-13,22,28H,7-8,11H2,1-6H3,(H,27,29,31);9-10,12-13,20H,7-8,11H2,1-6H3,(H,27,28,30);7-8,11,13,20H,9-10,12H2,1-6H3,(H,27,28,30). The Labute approximate surface area is 790 Å². The summed E-state index contributed by atoms with van der Waals surface area (Å²) in [5, 5.41) is 20.5. The normalized spacial score (nSPS) is 21.3. The first-order valence-corrected chi connectivity index (χ1v) is 49.0. The number of fused-ring (bicyclic) bond motifs is 4. The zero-order valence-electron chi connectivity index (χ0n) is 78.3. The minimum atomic E-state index is -0.334. The molecule has 0 bridgehead atoms. The smallest absolute Gasteiger partial charge is 0.239 e. The molecule has 0 saturated carbocycles. The van der Waals surface area contributed by atoms with Crippen molar-refractivity contribution in [3.63, 3.8) is 0 Å². The quantitative estimate of drug-likeness (QED) is 0.0537. The number of hydrogen-bond donors (Lipinski definition) is 5. The molecule has 4 aliphatic carbocycles. The van der Waals surface area contributed by atoms with Crippen molar-refractivity contribution >= 4 is 137 Å². The van der Waals surface area contributed by atoms with Gasteiger partial charge in [0.2, 0.25) is 29.5 Å². The number of pyridine rings is 2. The molecule has 4 fully saturated rings. The first-order chi connectivity index (χ1) is 59.4. The summed E-state index contributed by atoms with van der Waals surface area (Å²) in [6.45, 7) is 46.0. The van der Waals surface area contributed by atoms with E-state index in [0.29, 0.717) is 54.6 Å². The zero-order valence-corrected chi connectivity index (χ0v) is 84.8. The maximum Gasteiger partial charge on any atom is 0.239 e. The minimum absolute atomic E-state index is 0.0266. The van der Waals surface area contributed by atoms with E-state index in [0.717, 1.165) is 98.0 Å². The number of thioether (sulfide) groups is 4. The lowest BCUT2D eigenvalue weighted by atomic mass is 9.62. The van der Waals surface area contributed by atoms with Crippen molar-refractivity contribution in [2.75, 3.05) is 35.5 Å². The van der Waals surface area contributed by atoms with Crippen molar-refractivity contribution in [1.29, 1.82) is 0 Å². The van der Waals surface area contributed by atoms with Gasteiger partial charge in [-0.1, -0.05) is 231 Å². The number of rotatable bonds is 17. The monoisotopic (exact) mass is 1860 g/mol. The Hall–Kier alpha value is -7.94. The number of hydrogen-bond acceptors (Lipinski definition) is 20. The molecule has 16 rings (SSSR count). The van der Waals surface area contributed by atoms with Crippen LogP contribution >= 0.6 is 95.9 Å². The number of phenols is 1. The SMILES string of the molecule is COc1cc(O)c(CC2SC(=S)NC2=O)cc1-c1cc2c(cc1C)C(C)(C)CCC2(C)C.COc1cc(OC)c(-c2cc3c(cc2C)C(C)(C)CCC3(C)C)cc1CC1SC(=S)NC1=O.COc1ccc(CC2SC(=S)NC2=O)nc1-c1cc2c(cc1C)C(C)(C)CCC2(C)C.COc1ncc(CC2SC(=S)NC2=O)cc1-c1cc2c(cc1C)C(C)(C)CCC2(C)C. The second kappa shape index (κ2) is 37.0.